The Hall–Kier alpha value is -4.90. The van der Waals surface area contributed by atoms with Gasteiger partial charge in [0.2, 0.25) is 5.91 Å². The predicted octanol–water partition coefficient (Wildman–Crippen LogP) is 5.92. The highest BCUT2D eigenvalue weighted by atomic mass is 16.5. The first-order valence-corrected chi connectivity index (χ1v) is 13.8. The molecule has 0 spiro atoms. The molecule has 0 unspecified atom stereocenters. The molecule has 1 N–H and O–H groups in total. The van der Waals surface area contributed by atoms with Crippen LogP contribution in [0.3, 0.4) is 0 Å². The van der Waals surface area contributed by atoms with Crippen molar-refractivity contribution < 1.29 is 19.4 Å². The summed E-state index contributed by atoms with van der Waals surface area (Å²) in [5, 5.41) is 23.3. The Morgan fingerprint density at radius 1 is 1.12 bits per heavy atom. The van der Waals surface area contributed by atoms with Crippen LogP contribution in [-0.4, -0.2) is 39.9 Å². The zero-order chi connectivity index (χ0) is 28.9. The Bertz CT molecular complexity index is 1650. The van der Waals surface area contributed by atoms with Crippen LogP contribution in [0.2, 0.25) is 0 Å². The molecule has 0 bridgehead atoms. The summed E-state index contributed by atoms with van der Waals surface area (Å²) in [6.07, 6.45) is 6.44. The van der Waals surface area contributed by atoms with Gasteiger partial charge in [-0.25, -0.2) is 4.79 Å². The lowest BCUT2D eigenvalue weighted by Gasteiger charge is -2.31. The van der Waals surface area contributed by atoms with Crippen molar-refractivity contribution in [1.29, 1.82) is 5.26 Å². The zero-order valence-corrected chi connectivity index (χ0v) is 23.3. The fraction of sp³-hybridized carbons (Fsp3) is 0.273. The number of amides is 1. The molecule has 1 amide bonds. The molecule has 0 radical (unpaired) electrons. The fourth-order valence-corrected chi connectivity index (χ4v) is 5.31. The Kier molecular flexibility index (Phi) is 8.16. The lowest BCUT2D eigenvalue weighted by Crippen LogP contribution is -2.35. The van der Waals surface area contributed by atoms with Gasteiger partial charge in [0.15, 0.2) is 0 Å². The molecule has 8 nitrogen and oxygen atoms in total. The fourth-order valence-electron chi connectivity index (χ4n) is 5.31. The van der Waals surface area contributed by atoms with Crippen LogP contribution < -0.4 is 9.64 Å². The number of hydrogen-bond donors (Lipinski definition) is 1. The summed E-state index contributed by atoms with van der Waals surface area (Å²) in [4.78, 5) is 26.6. The summed E-state index contributed by atoms with van der Waals surface area (Å²) in [5.74, 6) is -0.0871. The molecule has 3 aromatic carbocycles. The van der Waals surface area contributed by atoms with Gasteiger partial charge in [-0.3, -0.25) is 9.48 Å². The molecule has 0 atom stereocenters. The highest BCUT2D eigenvalue weighted by Crippen LogP contribution is 2.36. The molecule has 2 heterocycles. The van der Waals surface area contributed by atoms with Crippen LogP contribution >= 0.6 is 0 Å². The van der Waals surface area contributed by atoms with E-state index in [2.05, 4.69) is 24.2 Å². The molecule has 208 valence electrons. The highest BCUT2D eigenvalue weighted by molar-refractivity contribution is 5.96. The molecule has 0 fully saturated rings. The van der Waals surface area contributed by atoms with E-state index in [0.29, 0.717) is 37.1 Å². The van der Waals surface area contributed by atoms with E-state index in [-0.39, 0.29) is 18.0 Å². The number of nitrogens with zero attached hydrogens (tertiary/aromatic N) is 4. The monoisotopic (exact) mass is 548 g/mol. The van der Waals surface area contributed by atoms with E-state index >= 15 is 0 Å². The van der Waals surface area contributed by atoms with Crippen LogP contribution in [0, 0.1) is 25.2 Å². The minimum atomic E-state index is -1.04. The Balaban J connectivity index is 1.29. The molecule has 0 saturated heterocycles. The zero-order valence-electron chi connectivity index (χ0n) is 23.3. The van der Waals surface area contributed by atoms with Crippen molar-refractivity contribution in [3.63, 3.8) is 0 Å². The number of carboxylic acids is 1. The number of nitriles is 1. The van der Waals surface area contributed by atoms with Crippen LogP contribution in [0.15, 0.2) is 67.0 Å². The van der Waals surface area contributed by atoms with Crippen molar-refractivity contribution in [1.82, 2.24) is 9.78 Å². The second-order valence-electron chi connectivity index (χ2n) is 10.3. The number of hydrogen-bond acceptors (Lipinski definition) is 5. The number of carboxylic acid groups (broad SMARTS) is 1. The van der Waals surface area contributed by atoms with Gasteiger partial charge in [0.1, 0.15) is 5.75 Å². The predicted molar refractivity (Wildman–Crippen MR) is 156 cm³/mol. The van der Waals surface area contributed by atoms with Gasteiger partial charge >= 0.3 is 5.97 Å². The molecule has 0 aliphatic carbocycles. The van der Waals surface area contributed by atoms with Crippen molar-refractivity contribution in [2.24, 2.45) is 0 Å². The largest absolute Gasteiger partial charge is 0.493 e. The first-order chi connectivity index (χ1) is 19.9. The van der Waals surface area contributed by atoms with Crippen molar-refractivity contribution >= 4 is 17.6 Å². The standard InChI is InChI=1S/C33H32N4O4/c1-22-7-3-11-31(23(22)2)41-16-6-12-32(38)37-15-5-9-29-28(8-4-10-30(29)37)27-19-35-36(21-27)20-26-17-24(33(39)40)13-14-25(26)18-34/h3-4,7-8,10-11,13-14,17,19,21H,5-6,9,12,15-16,20H2,1-2H3,(H,39,40). The highest BCUT2D eigenvalue weighted by Gasteiger charge is 2.25. The lowest BCUT2D eigenvalue weighted by atomic mass is 9.93. The number of rotatable bonds is 9. The van der Waals surface area contributed by atoms with E-state index in [0.717, 1.165) is 46.5 Å². The number of carbonyl (C=O) groups is 2. The first kappa shape index (κ1) is 27.7. The smallest absolute Gasteiger partial charge is 0.335 e. The van der Waals surface area contributed by atoms with E-state index in [4.69, 9.17) is 4.74 Å². The third-order valence-electron chi connectivity index (χ3n) is 7.65. The van der Waals surface area contributed by atoms with E-state index in [1.54, 1.807) is 10.9 Å². The second kappa shape index (κ2) is 12.1. The van der Waals surface area contributed by atoms with Gasteiger partial charge in [0.25, 0.3) is 0 Å². The van der Waals surface area contributed by atoms with E-state index in [1.165, 1.54) is 23.8 Å². The minimum Gasteiger partial charge on any atom is -0.493 e. The molecule has 1 aliphatic heterocycles. The normalized spacial score (nSPS) is 12.5. The lowest BCUT2D eigenvalue weighted by molar-refractivity contribution is -0.118. The molecular weight excluding hydrogens is 516 g/mol. The van der Waals surface area contributed by atoms with Crippen LogP contribution in [-0.2, 0) is 17.8 Å². The first-order valence-electron chi connectivity index (χ1n) is 13.8. The number of aryl methyl sites for hydroxylation is 1. The average Bonchev–Trinajstić information content (AvgIpc) is 3.44. The number of benzene rings is 3. The van der Waals surface area contributed by atoms with Crippen molar-refractivity contribution in [3.05, 3.63) is 100 Å². The van der Waals surface area contributed by atoms with Gasteiger partial charge in [0, 0.05) is 30.4 Å². The van der Waals surface area contributed by atoms with Gasteiger partial charge in [-0.05, 0) is 91.3 Å². The van der Waals surface area contributed by atoms with Gasteiger partial charge < -0.3 is 14.7 Å². The number of fused-ring (bicyclic) bond motifs is 1. The SMILES string of the molecule is Cc1cccc(OCCCC(=O)N2CCCc3c(-c4cnn(Cc5cc(C(=O)O)ccc5C#N)c4)cccc32)c1C. The molecule has 5 rings (SSSR count). The molecule has 41 heavy (non-hydrogen) atoms. The summed E-state index contributed by atoms with van der Waals surface area (Å²) >= 11 is 0. The summed E-state index contributed by atoms with van der Waals surface area (Å²) in [7, 11) is 0. The van der Waals surface area contributed by atoms with E-state index in [9.17, 15) is 20.0 Å². The van der Waals surface area contributed by atoms with Crippen molar-refractivity contribution in [3.8, 4) is 22.9 Å². The van der Waals surface area contributed by atoms with Crippen LogP contribution in [0.25, 0.3) is 11.1 Å². The van der Waals surface area contributed by atoms with Crippen molar-refractivity contribution in [2.75, 3.05) is 18.1 Å². The second-order valence-corrected chi connectivity index (χ2v) is 10.3. The minimum absolute atomic E-state index is 0.0886. The summed E-state index contributed by atoms with van der Waals surface area (Å²) < 4.78 is 7.66. The maximum atomic E-state index is 13.3. The van der Waals surface area contributed by atoms with Crippen LogP contribution in [0.5, 0.6) is 5.75 Å². The van der Waals surface area contributed by atoms with Gasteiger partial charge in [-0.2, -0.15) is 10.4 Å². The van der Waals surface area contributed by atoms with Crippen molar-refractivity contribution in [2.45, 2.75) is 46.1 Å². The molecular formula is C33H32N4O4. The Morgan fingerprint density at radius 2 is 1.95 bits per heavy atom. The molecule has 8 heteroatoms. The third kappa shape index (κ3) is 5.99. The summed E-state index contributed by atoms with van der Waals surface area (Å²) in [5.41, 5.74) is 7.42. The number of anilines is 1. The van der Waals surface area contributed by atoms with Gasteiger partial charge in [-0.1, -0.05) is 24.3 Å². The molecule has 4 aromatic rings. The van der Waals surface area contributed by atoms with Crippen LogP contribution in [0.4, 0.5) is 5.69 Å². The molecule has 1 aromatic heterocycles. The average molecular weight is 549 g/mol. The summed E-state index contributed by atoms with van der Waals surface area (Å²) in [6, 6.07) is 18.6. The Labute approximate surface area is 239 Å². The Morgan fingerprint density at radius 3 is 2.76 bits per heavy atom. The molecule has 1 aliphatic rings. The van der Waals surface area contributed by atoms with Gasteiger partial charge in [0.05, 0.1) is 36.5 Å². The van der Waals surface area contributed by atoms with Crippen LogP contribution in [0.1, 0.15) is 57.4 Å². The number of aromatic carboxylic acids is 1. The van der Waals surface area contributed by atoms with E-state index < -0.39 is 5.97 Å². The van der Waals surface area contributed by atoms with E-state index in [1.807, 2.05) is 48.4 Å². The number of carbonyl (C=O) groups excluding carboxylic acids is 1. The third-order valence-corrected chi connectivity index (χ3v) is 7.65. The maximum absolute atomic E-state index is 13.3. The van der Waals surface area contributed by atoms with Gasteiger partial charge in [-0.15, -0.1) is 0 Å². The topological polar surface area (TPSA) is 108 Å². The molecule has 0 saturated carbocycles. The number of aromatic nitrogens is 2. The quantitative estimate of drug-likeness (QED) is 0.260. The summed E-state index contributed by atoms with van der Waals surface area (Å²) in [6.45, 7) is 5.54. The maximum Gasteiger partial charge on any atom is 0.335 e. The number of ether oxygens (including phenoxy) is 1.